The van der Waals surface area contributed by atoms with Crippen molar-refractivity contribution in [2.24, 2.45) is 7.05 Å². The predicted molar refractivity (Wildman–Crippen MR) is 71.9 cm³/mol. The van der Waals surface area contributed by atoms with E-state index in [1.807, 2.05) is 7.05 Å². The third kappa shape index (κ3) is 3.16. The molecule has 0 aromatic carbocycles. The van der Waals surface area contributed by atoms with Gasteiger partial charge in [-0.1, -0.05) is 0 Å². The van der Waals surface area contributed by atoms with E-state index in [0.717, 1.165) is 9.61 Å². The summed E-state index contributed by atoms with van der Waals surface area (Å²) < 4.78 is 29.2. The lowest BCUT2D eigenvalue weighted by Crippen LogP contribution is -2.25. The second-order valence-corrected chi connectivity index (χ2v) is 8.02. The molecule has 0 unspecified atom stereocenters. The van der Waals surface area contributed by atoms with Gasteiger partial charge in [0.1, 0.15) is 16.4 Å². The average Bonchev–Trinajstić information content (AvgIpc) is 2.89. The molecule has 2 aromatic rings. The highest BCUT2D eigenvalue weighted by Gasteiger charge is 2.16. The molecule has 0 aliphatic carbocycles. The van der Waals surface area contributed by atoms with E-state index in [4.69, 9.17) is 0 Å². The number of hydrogen-bond donors (Lipinski definition) is 1. The van der Waals surface area contributed by atoms with Crippen molar-refractivity contribution < 1.29 is 8.42 Å². The highest BCUT2D eigenvalue weighted by Crippen LogP contribution is 2.25. The van der Waals surface area contributed by atoms with Crippen LogP contribution in [0.15, 0.2) is 26.5 Å². The maximum atomic E-state index is 11.9. The summed E-state index contributed by atoms with van der Waals surface area (Å²) in [6.07, 6.45) is 2.09. The molecule has 2 heterocycles. The molecule has 0 atom stereocenters. The van der Waals surface area contributed by atoms with Gasteiger partial charge in [0.05, 0.1) is 3.79 Å². The van der Waals surface area contributed by atoms with Crippen LogP contribution >= 0.6 is 27.3 Å². The van der Waals surface area contributed by atoms with Crippen LogP contribution in [0.3, 0.4) is 0 Å². The average molecular weight is 351 g/mol. The molecule has 0 aliphatic rings. The molecule has 0 spiro atoms. The SMILES string of the molecule is Cn1cnnc1CCNS(=O)(=O)c1ccc(Br)s1. The fourth-order valence-corrected chi connectivity index (χ4v) is 4.43. The number of aromatic nitrogens is 3. The van der Waals surface area contributed by atoms with E-state index >= 15 is 0 Å². The van der Waals surface area contributed by atoms with Gasteiger partial charge in [-0.15, -0.1) is 21.5 Å². The van der Waals surface area contributed by atoms with E-state index in [1.54, 1.807) is 23.0 Å². The second kappa shape index (κ2) is 5.47. The van der Waals surface area contributed by atoms with Gasteiger partial charge in [-0.05, 0) is 28.1 Å². The quantitative estimate of drug-likeness (QED) is 0.877. The van der Waals surface area contributed by atoms with Crippen molar-refractivity contribution in [3.05, 3.63) is 28.1 Å². The van der Waals surface area contributed by atoms with E-state index in [0.29, 0.717) is 17.2 Å². The molecule has 0 bridgehead atoms. The lowest BCUT2D eigenvalue weighted by atomic mass is 10.4. The first-order valence-electron chi connectivity index (χ1n) is 5.07. The van der Waals surface area contributed by atoms with E-state index in [-0.39, 0.29) is 0 Å². The van der Waals surface area contributed by atoms with Gasteiger partial charge in [0.25, 0.3) is 0 Å². The normalized spacial score (nSPS) is 11.9. The monoisotopic (exact) mass is 350 g/mol. The number of sulfonamides is 1. The number of hydrogen-bond acceptors (Lipinski definition) is 5. The first kappa shape index (κ1) is 13.7. The van der Waals surface area contributed by atoms with Gasteiger partial charge in [0, 0.05) is 20.0 Å². The zero-order valence-corrected chi connectivity index (χ0v) is 12.7. The van der Waals surface area contributed by atoms with Gasteiger partial charge in [0.15, 0.2) is 0 Å². The Hall–Kier alpha value is -0.770. The van der Waals surface area contributed by atoms with Crippen LogP contribution in [0.2, 0.25) is 0 Å². The van der Waals surface area contributed by atoms with E-state index in [2.05, 4.69) is 30.8 Å². The van der Waals surface area contributed by atoms with Gasteiger partial charge >= 0.3 is 0 Å². The van der Waals surface area contributed by atoms with Crippen molar-refractivity contribution in [3.8, 4) is 0 Å². The van der Waals surface area contributed by atoms with E-state index in [9.17, 15) is 8.42 Å². The maximum absolute atomic E-state index is 11.9. The molecule has 18 heavy (non-hydrogen) atoms. The Morgan fingerprint density at radius 2 is 2.28 bits per heavy atom. The topological polar surface area (TPSA) is 76.9 Å². The summed E-state index contributed by atoms with van der Waals surface area (Å²) in [5.41, 5.74) is 0. The van der Waals surface area contributed by atoms with Gasteiger partial charge in [-0.2, -0.15) is 0 Å². The number of halogens is 1. The first-order chi connectivity index (χ1) is 8.49. The van der Waals surface area contributed by atoms with Crippen molar-refractivity contribution in [3.63, 3.8) is 0 Å². The summed E-state index contributed by atoms with van der Waals surface area (Å²) in [6, 6.07) is 3.28. The Morgan fingerprint density at radius 1 is 1.50 bits per heavy atom. The van der Waals surface area contributed by atoms with Crippen molar-refractivity contribution >= 4 is 37.3 Å². The molecular formula is C9H11BrN4O2S2. The molecule has 0 saturated carbocycles. The molecule has 98 valence electrons. The Morgan fingerprint density at radius 3 is 2.83 bits per heavy atom. The van der Waals surface area contributed by atoms with Crippen molar-refractivity contribution in [2.75, 3.05) is 6.54 Å². The predicted octanol–water partition coefficient (Wildman–Crippen LogP) is 1.16. The molecular weight excluding hydrogens is 340 g/mol. The lowest BCUT2D eigenvalue weighted by Gasteiger charge is -2.04. The number of aryl methyl sites for hydroxylation is 1. The highest BCUT2D eigenvalue weighted by molar-refractivity contribution is 9.11. The van der Waals surface area contributed by atoms with Crippen LogP contribution < -0.4 is 4.72 Å². The minimum absolute atomic E-state index is 0.296. The molecule has 2 rings (SSSR count). The number of thiophene rings is 1. The summed E-state index contributed by atoms with van der Waals surface area (Å²) in [4.78, 5) is 0. The minimum Gasteiger partial charge on any atom is -0.321 e. The van der Waals surface area contributed by atoms with Crippen LogP contribution in [-0.4, -0.2) is 29.7 Å². The zero-order valence-electron chi connectivity index (χ0n) is 9.50. The third-order valence-corrected chi connectivity index (χ3v) is 5.84. The molecule has 0 radical (unpaired) electrons. The first-order valence-corrected chi connectivity index (χ1v) is 8.16. The molecule has 0 fully saturated rings. The maximum Gasteiger partial charge on any atom is 0.250 e. The van der Waals surface area contributed by atoms with Gasteiger partial charge in [-0.25, -0.2) is 13.1 Å². The minimum atomic E-state index is -3.42. The third-order valence-electron chi connectivity index (χ3n) is 2.26. The smallest absolute Gasteiger partial charge is 0.250 e. The van der Waals surface area contributed by atoms with Crippen LogP contribution in [0.1, 0.15) is 5.82 Å². The molecule has 0 saturated heterocycles. The summed E-state index contributed by atoms with van der Waals surface area (Å²) in [5, 5.41) is 7.62. The van der Waals surface area contributed by atoms with Gasteiger partial charge in [-0.3, -0.25) is 0 Å². The number of nitrogens with one attached hydrogen (secondary N) is 1. The molecule has 6 nitrogen and oxygen atoms in total. The highest BCUT2D eigenvalue weighted by atomic mass is 79.9. The number of nitrogens with zero attached hydrogens (tertiary/aromatic N) is 3. The number of rotatable bonds is 5. The second-order valence-electron chi connectivity index (χ2n) is 3.56. The van der Waals surface area contributed by atoms with Crippen LogP contribution in [0.4, 0.5) is 0 Å². The molecule has 0 amide bonds. The molecule has 2 aromatic heterocycles. The Bertz CT molecular complexity index is 635. The van der Waals surface area contributed by atoms with Crippen LogP contribution in [0.25, 0.3) is 0 Å². The molecule has 1 N–H and O–H groups in total. The summed E-state index contributed by atoms with van der Waals surface area (Å²) >= 11 is 4.42. The van der Waals surface area contributed by atoms with Gasteiger partial charge < -0.3 is 4.57 Å². The van der Waals surface area contributed by atoms with Crippen molar-refractivity contribution in [1.82, 2.24) is 19.5 Å². The van der Waals surface area contributed by atoms with Crippen LogP contribution in [0, 0.1) is 0 Å². The Balaban J connectivity index is 1.96. The fourth-order valence-electron chi connectivity index (χ4n) is 1.34. The van der Waals surface area contributed by atoms with E-state index < -0.39 is 10.0 Å². The molecule has 9 heteroatoms. The lowest BCUT2D eigenvalue weighted by molar-refractivity contribution is 0.582. The Labute approximate surface area is 117 Å². The van der Waals surface area contributed by atoms with Crippen LogP contribution in [-0.2, 0) is 23.5 Å². The van der Waals surface area contributed by atoms with Crippen molar-refractivity contribution in [2.45, 2.75) is 10.6 Å². The molecule has 0 aliphatic heterocycles. The van der Waals surface area contributed by atoms with Crippen molar-refractivity contribution in [1.29, 1.82) is 0 Å². The largest absolute Gasteiger partial charge is 0.321 e. The Kier molecular flexibility index (Phi) is 4.15. The van der Waals surface area contributed by atoms with Crippen LogP contribution in [0.5, 0.6) is 0 Å². The summed E-state index contributed by atoms with van der Waals surface area (Å²) in [7, 11) is -1.60. The standard InChI is InChI=1S/C9H11BrN4O2S2/c1-14-6-11-13-8(14)4-5-12-18(15,16)9-3-2-7(10)17-9/h2-3,6,12H,4-5H2,1H3. The summed E-state index contributed by atoms with van der Waals surface area (Å²) in [5.74, 6) is 0.741. The summed E-state index contributed by atoms with van der Waals surface area (Å²) in [6.45, 7) is 0.296. The van der Waals surface area contributed by atoms with Gasteiger partial charge in [0.2, 0.25) is 10.0 Å². The zero-order chi connectivity index (χ0) is 13.2. The fraction of sp³-hybridized carbons (Fsp3) is 0.333. The van der Waals surface area contributed by atoms with E-state index in [1.165, 1.54) is 11.3 Å².